The maximum Gasteiger partial charge on any atom is 0.175 e. The molecular formula is C21H20BrClN2O2. The van der Waals surface area contributed by atoms with Crippen molar-refractivity contribution < 1.29 is 9.47 Å². The number of pyridine rings is 1. The molecule has 0 unspecified atom stereocenters. The van der Waals surface area contributed by atoms with E-state index in [9.17, 15) is 0 Å². The Morgan fingerprint density at radius 3 is 2.67 bits per heavy atom. The molecule has 27 heavy (non-hydrogen) atoms. The number of nitrogens with zero attached hydrogens (tertiary/aromatic N) is 1. The van der Waals surface area contributed by atoms with Crippen LogP contribution in [0.3, 0.4) is 0 Å². The van der Waals surface area contributed by atoms with Crippen molar-refractivity contribution in [3.63, 3.8) is 0 Å². The lowest BCUT2D eigenvalue weighted by molar-refractivity contribution is 0.282. The van der Waals surface area contributed by atoms with Gasteiger partial charge in [0.15, 0.2) is 11.5 Å². The highest BCUT2D eigenvalue weighted by atomic mass is 79.9. The summed E-state index contributed by atoms with van der Waals surface area (Å²) in [5.74, 6) is 1.35. The Kier molecular flexibility index (Phi) is 7.10. The molecule has 0 aliphatic carbocycles. The van der Waals surface area contributed by atoms with Crippen LogP contribution in [-0.4, -0.2) is 12.1 Å². The van der Waals surface area contributed by atoms with Crippen LogP contribution >= 0.6 is 27.5 Å². The van der Waals surface area contributed by atoms with Gasteiger partial charge in [-0.05, 0) is 63.5 Å². The van der Waals surface area contributed by atoms with Gasteiger partial charge in [-0.25, -0.2) is 0 Å². The van der Waals surface area contributed by atoms with Crippen LogP contribution < -0.4 is 14.8 Å². The molecule has 0 atom stereocenters. The number of methoxy groups -OCH3 is 1. The predicted molar refractivity (Wildman–Crippen MR) is 111 cm³/mol. The van der Waals surface area contributed by atoms with E-state index in [1.807, 2.05) is 54.6 Å². The summed E-state index contributed by atoms with van der Waals surface area (Å²) in [5.41, 5.74) is 3.09. The van der Waals surface area contributed by atoms with Crippen molar-refractivity contribution in [2.45, 2.75) is 19.7 Å². The minimum atomic E-state index is 0.410. The molecule has 1 N–H and O–H groups in total. The summed E-state index contributed by atoms with van der Waals surface area (Å²) >= 11 is 9.62. The van der Waals surface area contributed by atoms with Crippen LogP contribution in [-0.2, 0) is 19.7 Å². The Morgan fingerprint density at radius 2 is 1.93 bits per heavy atom. The fraction of sp³-hybridized carbons (Fsp3) is 0.190. The summed E-state index contributed by atoms with van der Waals surface area (Å²) in [5, 5.41) is 4.08. The summed E-state index contributed by atoms with van der Waals surface area (Å²) < 4.78 is 12.3. The highest BCUT2D eigenvalue weighted by Crippen LogP contribution is 2.37. The van der Waals surface area contributed by atoms with E-state index in [2.05, 4.69) is 26.2 Å². The molecule has 0 radical (unpaired) electrons. The van der Waals surface area contributed by atoms with E-state index in [0.29, 0.717) is 36.2 Å². The summed E-state index contributed by atoms with van der Waals surface area (Å²) in [6.07, 6.45) is 1.79. The zero-order valence-electron chi connectivity index (χ0n) is 14.9. The molecule has 1 heterocycles. The van der Waals surface area contributed by atoms with E-state index >= 15 is 0 Å². The lowest BCUT2D eigenvalue weighted by Crippen LogP contribution is -2.13. The smallest absolute Gasteiger partial charge is 0.175 e. The maximum absolute atomic E-state index is 6.03. The van der Waals surface area contributed by atoms with Crippen molar-refractivity contribution in [2.75, 3.05) is 7.11 Å². The van der Waals surface area contributed by atoms with Gasteiger partial charge in [-0.15, -0.1) is 0 Å². The van der Waals surface area contributed by atoms with E-state index in [1.54, 1.807) is 13.3 Å². The monoisotopic (exact) mass is 446 g/mol. The van der Waals surface area contributed by atoms with Crippen molar-refractivity contribution in [1.29, 1.82) is 0 Å². The molecule has 1 aromatic heterocycles. The molecule has 4 nitrogen and oxygen atoms in total. The van der Waals surface area contributed by atoms with Gasteiger partial charge in [-0.2, -0.15) is 0 Å². The summed E-state index contributed by atoms with van der Waals surface area (Å²) in [6, 6.07) is 17.5. The standard InChI is InChI=1S/C21H20BrClN2O2/c1-26-20-11-16(12-24-13-18-7-2-3-8-25-18)10-19(22)21(20)27-14-15-5-4-6-17(23)9-15/h2-11,24H,12-14H2,1H3. The van der Waals surface area contributed by atoms with E-state index in [4.69, 9.17) is 21.1 Å². The molecule has 2 aromatic carbocycles. The van der Waals surface area contributed by atoms with Crippen molar-refractivity contribution in [3.05, 3.63) is 87.1 Å². The Morgan fingerprint density at radius 1 is 1.04 bits per heavy atom. The lowest BCUT2D eigenvalue weighted by Gasteiger charge is -2.15. The van der Waals surface area contributed by atoms with Gasteiger partial charge in [0.2, 0.25) is 0 Å². The van der Waals surface area contributed by atoms with E-state index < -0.39 is 0 Å². The molecular weight excluding hydrogens is 428 g/mol. The Hall–Kier alpha value is -2.08. The van der Waals surface area contributed by atoms with Gasteiger partial charge in [0, 0.05) is 24.3 Å². The number of ether oxygens (including phenoxy) is 2. The summed E-state index contributed by atoms with van der Waals surface area (Å²) in [7, 11) is 1.64. The third-order valence-electron chi connectivity index (χ3n) is 3.92. The van der Waals surface area contributed by atoms with Crippen molar-refractivity contribution in [2.24, 2.45) is 0 Å². The third kappa shape index (κ3) is 5.70. The predicted octanol–water partition coefficient (Wildman–Crippen LogP) is 5.37. The van der Waals surface area contributed by atoms with Gasteiger partial charge in [0.1, 0.15) is 6.61 Å². The zero-order chi connectivity index (χ0) is 19.1. The molecule has 0 saturated heterocycles. The summed E-state index contributed by atoms with van der Waals surface area (Å²) in [6.45, 7) is 1.81. The van der Waals surface area contributed by atoms with Crippen molar-refractivity contribution >= 4 is 27.5 Å². The number of aromatic nitrogens is 1. The van der Waals surface area contributed by atoms with Crippen LogP contribution in [0.1, 0.15) is 16.8 Å². The van der Waals surface area contributed by atoms with Crippen LogP contribution in [0, 0.1) is 0 Å². The molecule has 0 fully saturated rings. The highest BCUT2D eigenvalue weighted by molar-refractivity contribution is 9.10. The first-order valence-corrected chi connectivity index (χ1v) is 9.67. The minimum Gasteiger partial charge on any atom is -0.493 e. The maximum atomic E-state index is 6.03. The average Bonchev–Trinajstić information content (AvgIpc) is 2.67. The van der Waals surface area contributed by atoms with Gasteiger partial charge < -0.3 is 14.8 Å². The second kappa shape index (κ2) is 9.74. The van der Waals surface area contributed by atoms with E-state index in [0.717, 1.165) is 21.3 Å². The molecule has 3 rings (SSSR count). The van der Waals surface area contributed by atoms with Crippen LogP contribution in [0.25, 0.3) is 0 Å². The SMILES string of the molecule is COc1cc(CNCc2ccccn2)cc(Br)c1OCc1cccc(Cl)c1. The molecule has 3 aromatic rings. The van der Waals surface area contributed by atoms with Crippen LogP contribution in [0.4, 0.5) is 0 Å². The normalized spacial score (nSPS) is 10.6. The number of halogens is 2. The van der Waals surface area contributed by atoms with Crippen molar-refractivity contribution in [3.8, 4) is 11.5 Å². The lowest BCUT2D eigenvalue weighted by atomic mass is 10.2. The number of nitrogens with one attached hydrogen (secondary N) is 1. The Bertz CT molecular complexity index is 891. The largest absolute Gasteiger partial charge is 0.493 e. The van der Waals surface area contributed by atoms with Gasteiger partial charge in [-0.3, -0.25) is 4.98 Å². The van der Waals surface area contributed by atoms with Crippen molar-refractivity contribution in [1.82, 2.24) is 10.3 Å². The average molecular weight is 448 g/mol. The van der Waals surface area contributed by atoms with Crippen LogP contribution in [0.15, 0.2) is 65.3 Å². The molecule has 0 amide bonds. The zero-order valence-corrected chi connectivity index (χ0v) is 17.3. The van der Waals surface area contributed by atoms with Gasteiger partial charge in [-0.1, -0.05) is 29.8 Å². The van der Waals surface area contributed by atoms with Crippen LogP contribution in [0.2, 0.25) is 5.02 Å². The second-order valence-electron chi connectivity index (χ2n) is 5.95. The Balaban J connectivity index is 1.65. The molecule has 0 saturated carbocycles. The van der Waals surface area contributed by atoms with Crippen LogP contribution in [0.5, 0.6) is 11.5 Å². The first-order chi connectivity index (χ1) is 13.2. The van der Waals surface area contributed by atoms with Gasteiger partial charge in [0.05, 0.1) is 17.3 Å². The number of benzene rings is 2. The molecule has 0 spiro atoms. The second-order valence-corrected chi connectivity index (χ2v) is 7.24. The number of rotatable bonds is 8. The fourth-order valence-corrected chi connectivity index (χ4v) is 3.45. The van der Waals surface area contributed by atoms with Gasteiger partial charge in [0.25, 0.3) is 0 Å². The first kappa shape index (κ1) is 19.7. The van der Waals surface area contributed by atoms with Gasteiger partial charge >= 0.3 is 0 Å². The van der Waals surface area contributed by atoms with E-state index in [-0.39, 0.29) is 0 Å². The molecule has 140 valence electrons. The molecule has 0 bridgehead atoms. The highest BCUT2D eigenvalue weighted by Gasteiger charge is 2.12. The quantitative estimate of drug-likeness (QED) is 0.504. The molecule has 6 heteroatoms. The molecule has 0 aliphatic heterocycles. The third-order valence-corrected chi connectivity index (χ3v) is 4.75. The minimum absolute atomic E-state index is 0.410. The molecule has 0 aliphatic rings. The Labute approximate surface area is 172 Å². The summed E-state index contributed by atoms with van der Waals surface area (Å²) in [4.78, 5) is 4.31. The topological polar surface area (TPSA) is 43.4 Å². The van der Waals surface area contributed by atoms with E-state index in [1.165, 1.54) is 0 Å². The number of hydrogen-bond donors (Lipinski definition) is 1. The number of hydrogen-bond acceptors (Lipinski definition) is 4. The first-order valence-electron chi connectivity index (χ1n) is 8.50. The fourth-order valence-electron chi connectivity index (χ4n) is 2.64.